The number of benzene rings is 2. The van der Waals surface area contributed by atoms with Gasteiger partial charge in [0.25, 0.3) is 0 Å². The number of guanidine groups is 1. The Labute approximate surface area is 170 Å². The highest BCUT2D eigenvalue weighted by molar-refractivity contribution is 5.79. The maximum Gasteiger partial charge on any atom is 0.226 e. The number of aromatic hydroxyl groups is 1. The Hall–Kier alpha value is -3.48. The molecule has 0 saturated heterocycles. The summed E-state index contributed by atoms with van der Waals surface area (Å²) < 4.78 is 10.8. The molecule has 0 saturated carbocycles. The third-order valence-corrected chi connectivity index (χ3v) is 4.33. The van der Waals surface area contributed by atoms with Gasteiger partial charge in [-0.1, -0.05) is 17.7 Å². The summed E-state index contributed by atoms with van der Waals surface area (Å²) in [5.41, 5.74) is 3.59. The average Bonchev–Trinajstić information content (AvgIpc) is 3.20. The number of phenols is 1. The molecule has 0 amide bonds. The monoisotopic (exact) mass is 394 g/mol. The van der Waals surface area contributed by atoms with E-state index in [0.29, 0.717) is 42.8 Å². The molecule has 1 aromatic heterocycles. The van der Waals surface area contributed by atoms with Crippen molar-refractivity contribution in [2.24, 2.45) is 4.99 Å². The van der Waals surface area contributed by atoms with E-state index in [1.165, 1.54) is 5.56 Å². The van der Waals surface area contributed by atoms with Gasteiger partial charge in [0, 0.05) is 17.7 Å². The van der Waals surface area contributed by atoms with E-state index in [4.69, 9.17) is 9.15 Å². The highest BCUT2D eigenvalue weighted by Crippen LogP contribution is 2.23. The van der Waals surface area contributed by atoms with E-state index in [1.54, 1.807) is 31.6 Å². The zero-order valence-electron chi connectivity index (χ0n) is 16.9. The number of ether oxygens (including phenoxy) is 1. The van der Waals surface area contributed by atoms with Crippen LogP contribution >= 0.6 is 0 Å². The van der Waals surface area contributed by atoms with Gasteiger partial charge in [-0.15, -0.1) is 0 Å². The Morgan fingerprint density at radius 3 is 2.69 bits per heavy atom. The first-order chi connectivity index (χ1) is 14.1. The normalized spacial score (nSPS) is 11.3. The van der Waals surface area contributed by atoms with Gasteiger partial charge in [-0.05, 0) is 44.2 Å². The molecule has 0 aliphatic carbocycles. The Morgan fingerprint density at radius 2 is 1.97 bits per heavy atom. The maximum atomic E-state index is 10.0. The smallest absolute Gasteiger partial charge is 0.226 e. The van der Waals surface area contributed by atoms with Gasteiger partial charge in [-0.3, -0.25) is 0 Å². The van der Waals surface area contributed by atoms with E-state index >= 15 is 0 Å². The minimum atomic E-state index is 0.185. The fraction of sp³-hybridized carbons (Fsp3) is 0.273. The van der Waals surface area contributed by atoms with E-state index in [0.717, 1.165) is 11.3 Å². The first-order valence-corrected chi connectivity index (χ1v) is 9.48. The summed E-state index contributed by atoms with van der Waals surface area (Å²) in [6.07, 6.45) is 1.64. The molecule has 3 N–H and O–H groups in total. The molecule has 0 unspecified atom stereocenters. The topological polar surface area (TPSA) is 91.9 Å². The van der Waals surface area contributed by atoms with Gasteiger partial charge in [0.15, 0.2) is 5.96 Å². The predicted octanol–water partition coefficient (Wildman–Crippen LogP) is 3.62. The summed E-state index contributed by atoms with van der Waals surface area (Å²) in [6, 6.07) is 13.1. The van der Waals surface area contributed by atoms with Crippen LogP contribution in [0.25, 0.3) is 11.5 Å². The molecule has 0 radical (unpaired) electrons. The second-order valence-electron chi connectivity index (χ2n) is 6.55. The van der Waals surface area contributed by atoms with Gasteiger partial charge in [0.1, 0.15) is 17.8 Å². The van der Waals surface area contributed by atoms with Crippen molar-refractivity contribution in [2.45, 2.75) is 26.9 Å². The number of oxazole rings is 1. The van der Waals surface area contributed by atoms with Gasteiger partial charge < -0.3 is 24.9 Å². The molecule has 3 rings (SSSR count). The summed E-state index contributed by atoms with van der Waals surface area (Å²) >= 11 is 0. The highest BCUT2D eigenvalue weighted by atomic mass is 16.5. The minimum Gasteiger partial charge on any atom is -0.508 e. The average molecular weight is 394 g/mol. The molecule has 29 heavy (non-hydrogen) atoms. The second-order valence-corrected chi connectivity index (χ2v) is 6.55. The van der Waals surface area contributed by atoms with Crippen molar-refractivity contribution >= 4 is 5.96 Å². The van der Waals surface area contributed by atoms with Crippen LogP contribution in [0.4, 0.5) is 0 Å². The van der Waals surface area contributed by atoms with Crippen LogP contribution < -0.4 is 15.4 Å². The molecule has 152 valence electrons. The SMILES string of the molecule is CCNC(=NCc1cc(OC)ccc1O)NCc1coc(-c2ccc(C)cc2)n1. The lowest BCUT2D eigenvalue weighted by Crippen LogP contribution is -2.36. The summed E-state index contributed by atoms with van der Waals surface area (Å²) in [5, 5.41) is 16.4. The number of rotatable bonds is 7. The van der Waals surface area contributed by atoms with Crippen LogP contribution in [0.2, 0.25) is 0 Å². The highest BCUT2D eigenvalue weighted by Gasteiger charge is 2.08. The van der Waals surface area contributed by atoms with Crippen LogP contribution in [0.5, 0.6) is 11.5 Å². The van der Waals surface area contributed by atoms with Crippen molar-refractivity contribution in [2.75, 3.05) is 13.7 Å². The van der Waals surface area contributed by atoms with Crippen LogP contribution in [0.3, 0.4) is 0 Å². The molecule has 3 aromatic rings. The Balaban J connectivity index is 1.65. The van der Waals surface area contributed by atoms with Crippen molar-refractivity contribution in [3.8, 4) is 23.0 Å². The first kappa shape index (κ1) is 20.3. The van der Waals surface area contributed by atoms with Gasteiger partial charge in [-0.25, -0.2) is 9.98 Å². The Kier molecular flexibility index (Phi) is 6.73. The zero-order chi connectivity index (χ0) is 20.6. The molecular weight excluding hydrogens is 368 g/mol. The van der Waals surface area contributed by atoms with Gasteiger partial charge in [0.2, 0.25) is 5.89 Å². The number of aryl methyl sites for hydroxylation is 1. The molecule has 0 aliphatic rings. The fourth-order valence-electron chi connectivity index (χ4n) is 2.71. The molecular formula is C22H26N4O3. The molecule has 7 heteroatoms. The number of methoxy groups -OCH3 is 1. The first-order valence-electron chi connectivity index (χ1n) is 9.48. The molecule has 0 atom stereocenters. The third kappa shape index (κ3) is 5.51. The van der Waals surface area contributed by atoms with Crippen LogP contribution in [0.15, 0.2) is 58.1 Å². The number of aliphatic imine (C=N–C) groups is 1. The molecule has 7 nitrogen and oxygen atoms in total. The lowest BCUT2D eigenvalue weighted by molar-refractivity contribution is 0.411. The fourth-order valence-corrected chi connectivity index (χ4v) is 2.71. The molecule has 0 aliphatic heterocycles. The molecule has 0 fully saturated rings. The third-order valence-electron chi connectivity index (χ3n) is 4.33. The standard InChI is InChI=1S/C22H26N4O3/c1-4-23-22(24-12-17-11-19(28-3)9-10-20(17)27)25-13-18-14-29-21(26-18)16-7-5-15(2)6-8-16/h5-11,14,27H,4,12-13H2,1-3H3,(H2,23,24,25). The summed E-state index contributed by atoms with van der Waals surface area (Å²) in [5.74, 6) is 2.07. The van der Waals surface area contributed by atoms with Crippen LogP contribution in [0, 0.1) is 6.92 Å². The second kappa shape index (κ2) is 9.64. The Bertz CT molecular complexity index is 964. The minimum absolute atomic E-state index is 0.185. The van der Waals surface area contributed by atoms with Crippen LogP contribution in [0.1, 0.15) is 23.7 Å². The molecule has 0 bridgehead atoms. The number of hydrogen-bond acceptors (Lipinski definition) is 5. The van der Waals surface area contributed by atoms with Gasteiger partial charge in [0.05, 0.1) is 25.9 Å². The number of nitrogens with one attached hydrogen (secondary N) is 2. The van der Waals surface area contributed by atoms with Crippen LogP contribution in [-0.2, 0) is 13.1 Å². The van der Waals surface area contributed by atoms with Crippen molar-refractivity contribution in [3.63, 3.8) is 0 Å². The van der Waals surface area contributed by atoms with E-state index in [2.05, 4.69) is 20.6 Å². The van der Waals surface area contributed by atoms with E-state index in [1.807, 2.05) is 38.1 Å². The van der Waals surface area contributed by atoms with E-state index in [-0.39, 0.29) is 5.75 Å². The van der Waals surface area contributed by atoms with Crippen molar-refractivity contribution in [3.05, 3.63) is 65.5 Å². The summed E-state index contributed by atoms with van der Waals surface area (Å²) in [7, 11) is 1.59. The van der Waals surface area contributed by atoms with Crippen LogP contribution in [-0.4, -0.2) is 29.7 Å². The molecule has 2 aromatic carbocycles. The molecule has 0 spiro atoms. The zero-order valence-corrected chi connectivity index (χ0v) is 16.9. The van der Waals surface area contributed by atoms with Crippen molar-refractivity contribution in [1.82, 2.24) is 15.6 Å². The maximum absolute atomic E-state index is 10.0. The largest absolute Gasteiger partial charge is 0.508 e. The predicted molar refractivity (Wildman–Crippen MR) is 113 cm³/mol. The number of aromatic nitrogens is 1. The van der Waals surface area contributed by atoms with E-state index in [9.17, 15) is 5.11 Å². The lowest BCUT2D eigenvalue weighted by atomic mass is 10.1. The summed E-state index contributed by atoms with van der Waals surface area (Å²) in [4.78, 5) is 9.06. The number of nitrogens with zero attached hydrogens (tertiary/aromatic N) is 2. The lowest BCUT2D eigenvalue weighted by Gasteiger charge is -2.11. The van der Waals surface area contributed by atoms with E-state index < -0.39 is 0 Å². The van der Waals surface area contributed by atoms with Crippen molar-refractivity contribution < 1.29 is 14.3 Å². The quantitative estimate of drug-likeness (QED) is 0.419. The Morgan fingerprint density at radius 1 is 1.17 bits per heavy atom. The van der Waals surface area contributed by atoms with Crippen molar-refractivity contribution in [1.29, 1.82) is 0 Å². The number of phenolic OH excluding ortho intramolecular Hbond substituents is 1. The van der Waals surface area contributed by atoms with Gasteiger partial charge >= 0.3 is 0 Å². The molecule has 1 heterocycles. The number of hydrogen-bond donors (Lipinski definition) is 3. The van der Waals surface area contributed by atoms with Gasteiger partial charge in [-0.2, -0.15) is 0 Å². The summed E-state index contributed by atoms with van der Waals surface area (Å²) in [6.45, 7) is 5.52.